The van der Waals surface area contributed by atoms with E-state index < -0.39 is 0 Å². The number of hydrogen-bond acceptors (Lipinski definition) is 2. The van der Waals surface area contributed by atoms with Crippen LogP contribution in [0.2, 0.25) is 0 Å². The van der Waals surface area contributed by atoms with E-state index in [1.807, 2.05) is 11.3 Å². The van der Waals surface area contributed by atoms with Gasteiger partial charge in [-0.05, 0) is 76.6 Å². The third-order valence-corrected chi connectivity index (χ3v) is 5.49. The summed E-state index contributed by atoms with van der Waals surface area (Å²) in [6.45, 7) is 6.82. The normalized spacial score (nSPS) is 11.6. The van der Waals surface area contributed by atoms with Gasteiger partial charge in [0.15, 0.2) is 0 Å². The fraction of sp³-hybridized carbons (Fsp3) is 0.529. The van der Waals surface area contributed by atoms with Gasteiger partial charge in [-0.15, -0.1) is 11.3 Å². The van der Waals surface area contributed by atoms with E-state index in [1.165, 1.54) is 45.8 Å². The molecule has 1 aromatic heterocycles. The van der Waals surface area contributed by atoms with E-state index in [2.05, 4.69) is 58.7 Å². The summed E-state index contributed by atoms with van der Waals surface area (Å²) in [6.07, 6.45) is 5.11. The molecule has 3 heteroatoms. The largest absolute Gasteiger partial charge is 0.316 e. The Kier molecular flexibility index (Phi) is 6.53. The number of hydrogen-bond donors (Lipinski definition) is 1. The number of nitrogens with one attached hydrogen (secondary N) is 1. The van der Waals surface area contributed by atoms with Crippen LogP contribution in [-0.2, 0) is 6.42 Å². The highest BCUT2D eigenvalue weighted by molar-refractivity contribution is 9.10. The highest BCUT2D eigenvalue weighted by Gasteiger charge is 2.06. The van der Waals surface area contributed by atoms with Crippen molar-refractivity contribution in [2.45, 2.75) is 39.5 Å². The molecule has 0 saturated heterocycles. The van der Waals surface area contributed by atoms with Gasteiger partial charge < -0.3 is 5.32 Å². The minimum absolute atomic E-state index is 0.755. The number of thiophene rings is 1. The molecule has 0 aliphatic carbocycles. The van der Waals surface area contributed by atoms with Gasteiger partial charge in [0.05, 0.1) is 0 Å². The van der Waals surface area contributed by atoms with Crippen molar-refractivity contribution in [3.05, 3.63) is 33.6 Å². The molecule has 0 aliphatic heterocycles. The number of benzene rings is 1. The van der Waals surface area contributed by atoms with Crippen LogP contribution in [0.5, 0.6) is 0 Å². The first-order valence-corrected chi connectivity index (χ1v) is 9.21. The fourth-order valence-electron chi connectivity index (χ4n) is 2.40. The van der Waals surface area contributed by atoms with Gasteiger partial charge in [-0.25, -0.2) is 0 Å². The molecule has 0 bridgehead atoms. The summed E-state index contributed by atoms with van der Waals surface area (Å²) in [7, 11) is 0. The lowest BCUT2D eigenvalue weighted by molar-refractivity contribution is 0.530. The number of aryl methyl sites for hydroxylation is 1. The van der Waals surface area contributed by atoms with E-state index in [4.69, 9.17) is 0 Å². The summed E-state index contributed by atoms with van der Waals surface area (Å²) in [4.78, 5) is 0. The van der Waals surface area contributed by atoms with Crippen molar-refractivity contribution in [2.24, 2.45) is 5.92 Å². The Hall–Kier alpha value is -0.380. The molecule has 1 N–H and O–H groups in total. The molecule has 0 aliphatic rings. The van der Waals surface area contributed by atoms with Gasteiger partial charge in [-0.1, -0.05) is 32.4 Å². The van der Waals surface area contributed by atoms with Crippen LogP contribution in [0, 0.1) is 5.92 Å². The van der Waals surface area contributed by atoms with Crippen LogP contribution in [0.25, 0.3) is 10.1 Å². The maximum atomic E-state index is 3.63. The number of unbranched alkanes of at least 4 members (excludes halogenated alkanes) is 2. The summed E-state index contributed by atoms with van der Waals surface area (Å²) in [5, 5.41) is 7.27. The summed E-state index contributed by atoms with van der Waals surface area (Å²) in [5.74, 6) is 0.755. The predicted molar refractivity (Wildman–Crippen MR) is 94.8 cm³/mol. The molecular weight excluding hydrogens is 330 g/mol. The van der Waals surface area contributed by atoms with Crippen molar-refractivity contribution in [1.82, 2.24) is 5.32 Å². The second-order valence-corrected chi connectivity index (χ2v) is 7.52. The van der Waals surface area contributed by atoms with Crippen molar-refractivity contribution < 1.29 is 0 Å². The van der Waals surface area contributed by atoms with E-state index in [9.17, 15) is 0 Å². The number of rotatable bonds is 8. The SMILES string of the molecule is CC(C)CNCCCCCc1csc2c(Br)cccc12. The Morgan fingerprint density at radius 3 is 2.85 bits per heavy atom. The lowest BCUT2D eigenvalue weighted by Gasteiger charge is -2.06. The van der Waals surface area contributed by atoms with Crippen molar-refractivity contribution in [2.75, 3.05) is 13.1 Å². The zero-order chi connectivity index (χ0) is 14.4. The first-order valence-electron chi connectivity index (χ1n) is 7.54. The Morgan fingerprint density at radius 1 is 1.20 bits per heavy atom. The van der Waals surface area contributed by atoms with Crippen LogP contribution in [0.3, 0.4) is 0 Å². The summed E-state index contributed by atoms with van der Waals surface area (Å²) in [6, 6.07) is 6.51. The summed E-state index contributed by atoms with van der Waals surface area (Å²) >= 11 is 5.49. The molecule has 1 nitrogen and oxygen atoms in total. The van der Waals surface area contributed by atoms with Gasteiger partial charge in [-0.3, -0.25) is 0 Å². The van der Waals surface area contributed by atoms with Gasteiger partial charge in [0.1, 0.15) is 0 Å². The molecule has 0 spiro atoms. The molecular formula is C17H24BrNS. The molecule has 0 amide bonds. The molecule has 1 aromatic carbocycles. The minimum atomic E-state index is 0.755. The van der Waals surface area contributed by atoms with E-state index >= 15 is 0 Å². The van der Waals surface area contributed by atoms with Gasteiger partial charge in [-0.2, -0.15) is 0 Å². The van der Waals surface area contributed by atoms with E-state index in [0.29, 0.717) is 0 Å². The highest BCUT2D eigenvalue weighted by Crippen LogP contribution is 2.32. The Labute approximate surface area is 134 Å². The van der Waals surface area contributed by atoms with Crippen LogP contribution in [0.1, 0.15) is 38.7 Å². The predicted octanol–water partition coefficient (Wildman–Crippen LogP) is 5.62. The molecule has 2 aromatic rings. The quantitative estimate of drug-likeness (QED) is 0.607. The van der Waals surface area contributed by atoms with Crippen LogP contribution in [-0.4, -0.2) is 13.1 Å². The summed E-state index contributed by atoms with van der Waals surface area (Å²) in [5.41, 5.74) is 1.52. The average Bonchev–Trinajstić information content (AvgIpc) is 2.82. The van der Waals surface area contributed by atoms with Crippen LogP contribution >= 0.6 is 27.3 Å². The number of halogens is 1. The highest BCUT2D eigenvalue weighted by atomic mass is 79.9. The Morgan fingerprint density at radius 2 is 2.05 bits per heavy atom. The van der Waals surface area contributed by atoms with Crippen molar-refractivity contribution in [1.29, 1.82) is 0 Å². The van der Waals surface area contributed by atoms with E-state index in [-0.39, 0.29) is 0 Å². The molecule has 1 heterocycles. The second-order valence-electron chi connectivity index (χ2n) is 5.79. The Balaban J connectivity index is 1.72. The van der Waals surface area contributed by atoms with Crippen LogP contribution in [0.15, 0.2) is 28.1 Å². The minimum Gasteiger partial charge on any atom is -0.316 e. The van der Waals surface area contributed by atoms with Gasteiger partial charge in [0.2, 0.25) is 0 Å². The molecule has 2 rings (SSSR count). The second kappa shape index (κ2) is 8.16. The standard InChI is InChI=1S/C17H24BrNS/c1-13(2)11-19-10-5-3-4-7-14-12-20-17-15(14)8-6-9-16(17)18/h6,8-9,12-13,19H,3-5,7,10-11H2,1-2H3. The van der Waals surface area contributed by atoms with Crippen molar-refractivity contribution >= 4 is 37.4 Å². The first-order chi connectivity index (χ1) is 9.68. The lowest BCUT2D eigenvalue weighted by atomic mass is 10.1. The monoisotopic (exact) mass is 353 g/mol. The third-order valence-electron chi connectivity index (χ3n) is 3.48. The maximum Gasteiger partial charge on any atom is 0.0487 e. The van der Waals surface area contributed by atoms with Crippen LogP contribution < -0.4 is 5.32 Å². The molecule has 0 unspecified atom stereocenters. The van der Waals surface area contributed by atoms with Gasteiger partial charge >= 0.3 is 0 Å². The third kappa shape index (κ3) is 4.57. The van der Waals surface area contributed by atoms with E-state index in [0.717, 1.165) is 19.0 Å². The van der Waals surface area contributed by atoms with Crippen LogP contribution in [0.4, 0.5) is 0 Å². The smallest absolute Gasteiger partial charge is 0.0487 e. The molecule has 110 valence electrons. The Bertz CT molecular complexity index is 533. The first kappa shape index (κ1) is 16.0. The molecule has 20 heavy (non-hydrogen) atoms. The van der Waals surface area contributed by atoms with Gasteiger partial charge in [0.25, 0.3) is 0 Å². The number of fused-ring (bicyclic) bond motifs is 1. The average molecular weight is 354 g/mol. The zero-order valence-electron chi connectivity index (χ0n) is 12.4. The fourth-order valence-corrected chi connectivity index (χ4v) is 4.06. The molecule has 0 saturated carbocycles. The van der Waals surface area contributed by atoms with Crippen molar-refractivity contribution in [3.8, 4) is 0 Å². The molecule has 0 atom stereocenters. The molecule has 0 fully saturated rings. The summed E-state index contributed by atoms with van der Waals surface area (Å²) < 4.78 is 2.62. The van der Waals surface area contributed by atoms with Gasteiger partial charge in [0, 0.05) is 9.17 Å². The van der Waals surface area contributed by atoms with E-state index in [1.54, 1.807) is 0 Å². The maximum absolute atomic E-state index is 3.63. The zero-order valence-corrected chi connectivity index (χ0v) is 14.8. The lowest BCUT2D eigenvalue weighted by Crippen LogP contribution is -2.20. The molecule has 0 radical (unpaired) electrons. The van der Waals surface area contributed by atoms with Crippen molar-refractivity contribution in [3.63, 3.8) is 0 Å². The topological polar surface area (TPSA) is 12.0 Å².